The van der Waals surface area contributed by atoms with Crippen LogP contribution in [0.3, 0.4) is 0 Å². The van der Waals surface area contributed by atoms with Gasteiger partial charge in [0.2, 0.25) is 5.91 Å². The first-order chi connectivity index (χ1) is 15.5. The van der Waals surface area contributed by atoms with Gasteiger partial charge in [0, 0.05) is 20.3 Å². The molecule has 2 aromatic carbocycles. The van der Waals surface area contributed by atoms with Crippen molar-refractivity contribution in [1.82, 2.24) is 9.13 Å². The monoisotopic (exact) mass is 439 g/mol. The smallest absolute Gasteiger partial charge is 0.340 e. The van der Waals surface area contributed by atoms with Gasteiger partial charge in [0.25, 0.3) is 5.56 Å². The van der Waals surface area contributed by atoms with Crippen LogP contribution in [0, 0.1) is 0 Å². The van der Waals surface area contributed by atoms with E-state index in [0.29, 0.717) is 23.9 Å². The molecule has 0 atom stereocenters. The molecule has 0 fully saturated rings. The Labute approximate surface area is 184 Å². The summed E-state index contributed by atoms with van der Waals surface area (Å²) in [6, 6.07) is 13.1. The van der Waals surface area contributed by atoms with Crippen LogP contribution in [0.25, 0.3) is 10.9 Å². The Morgan fingerprint density at radius 2 is 1.72 bits per heavy atom. The number of nitrogens with one attached hydrogen (secondary N) is 1. The first-order valence-electron chi connectivity index (χ1n) is 10.2. The van der Waals surface area contributed by atoms with E-state index in [1.165, 1.54) is 4.57 Å². The van der Waals surface area contributed by atoms with E-state index in [1.807, 2.05) is 0 Å². The summed E-state index contributed by atoms with van der Waals surface area (Å²) in [6.07, 6.45) is 0.475. The molecule has 168 valence electrons. The van der Waals surface area contributed by atoms with Crippen LogP contribution in [-0.4, -0.2) is 41.3 Å². The van der Waals surface area contributed by atoms with Crippen LogP contribution < -0.4 is 16.6 Å². The van der Waals surface area contributed by atoms with Crippen LogP contribution in [0.4, 0.5) is 5.69 Å². The molecule has 0 aliphatic carbocycles. The molecule has 0 saturated heterocycles. The zero-order valence-corrected chi connectivity index (χ0v) is 18.0. The molecule has 0 aliphatic heterocycles. The molecule has 3 aromatic rings. The van der Waals surface area contributed by atoms with Crippen molar-refractivity contribution in [2.24, 2.45) is 0 Å². The second-order valence-electron chi connectivity index (χ2n) is 7.00. The molecule has 0 unspecified atom stereocenters. The van der Waals surface area contributed by atoms with Gasteiger partial charge in [-0.2, -0.15) is 0 Å². The Hall–Kier alpha value is -3.72. The number of carbonyl (C=O) groups is 2. The third-order valence-electron chi connectivity index (χ3n) is 4.86. The van der Waals surface area contributed by atoms with Crippen molar-refractivity contribution >= 4 is 28.5 Å². The minimum Gasteiger partial charge on any atom is -0.462 e. The van der Waals surface area contributed by atoms with E-state index in [4.69, 9.17) is 9.47 Å². The van der Waals surface area contributed by atoms with Crippen LogP contribution in [0.2, 0.25) is 0 Å². The number of amides is 1. The number of anilines is 1. The number of para-hydroxylation sites is 2. The molecular formula is C23H25N3O6. The molecule has 1 aromatic heterocycles. The fourth-order valence-corrected chi connectivity index (χ4v) is 3.40. The van der Waals surface area contributed by atoms with Gasteiger partial charge in [0.15, 0.2) is 0 Å². The molecule has 0 spiro atoms. The molecule has 1 N–H and O–H groups in total. The van der Waals surface area contributed by atoms with Gasteiger partial charge in [-0.25, -0.2) is 9.59 Å². The van der Waals surface area contributed by atoms with Crippen molar-refractivity contribution in [2.45, 2.75) is 26.4 Å². The summed E-state index contributed by atoms with van der Waals surface area (Å²) in [7, 11) is 1.54. The Morgan fingerprint density at radius 3 is 2.47 bits per heavy atom. The van der Waals surface area contributed by atoms with Crippen molar-refractivity contribution in [3.8, 4) is 0 Å². The van der Waals surface area contributed by atoms with Gasteiger partial charge < -0.3 is 14.8 Å². The first-order valence-corrected chi connectivity index (χ1v) is 10.2. The number of rotatable bonds is 9. The number of hydrogen-bond donors (Lipinski definition) is 1. The second kappa shape index (κ2) is 10.5. The van der Waals surface area contributed by atoms with E-state index in [9.17, 15) is 19.2 Å². The van der Waals surface area contributed by atoms with Crippen LogP contribution in [0.15, 0.2) is 58.1 Å². The highest BCUT2D eigenvalue weighted by molar-refractivity contribution is 6.01. The normalized spacial score (nSPS) is 10.8. The maximum atomic E-state index is 13.1. The number of aromatic nitrogens is 2. The summed E-state index contributed by atoms with van der Waals surface area (Å²) >= 11 is 0. The number of benzene rings is 2. The number of methoxy groups -OCH3 is 1. The van der Waals surface area contributed by atoms with Gasteiger partial charge in [-0.1, -0.05) is 24.3 Å². The molecule has 1 heterocycles. The lowest BCUT2D eigenvalue weighted by Crippen LogP contribution is -2.42. The molecule has 0 bridgehead atoms. The molecule has 0 aliphatic rings. The van der Waals surface area contributed by atoms with Crippen LogP contribution in [0.1, 0.15) is 23.7 Å². The number of carbonyl (C=O) groups excluding carboxylic acids is 2. The van der Waals surface area contributed by atoms with Gasteiger partial charge in [-0.05, 0) is 37.6 Å². The van der Waals surface area contributed by atoms with E-state index < -0.39 is 23.1 Å². The summed E-state index contributed by atoms with van der Waals surface area (Å²) in [5.74, 6) is -1.08. The fourth-order valence-electron chi connectivity index (χ4n) is 3.40. The van der Waals surface area contributed by atoms with Crippen molar-refractivity contribution in [1.29, 1.82) is 0 Å². The number of ether oxygens (including phenoxy) is 2. The number of fused-ring (bicyclic) bond motifs is 1. The van der Waals surface area contributed by atoms with E-state index in [-0.39, 0.29) is 30.9 Å². The molecule has 9 nitrogen and oxygen atoms in total. The Kier molecular flexibility index (Phi) is 7.56. The van der Waals surface area contributed by atoms with Crippen LogP contribution in [0.5, 0.6) is 0 Å². The maximum Gasteiger partial charge on any atom is 0.340 e. The second-order valence-corrected chi connectivity index (χ2v) is 7.00. The van der Waals surface area contributed by atoms with Crippen LogP contribution in [-0.2, 0) is 27.4 Å². The van der Waals surface area contributed by atoms with Gasteiger partial charge in [0.05, 0.1) is 28.8 Å². The highest BCUT2D eigenvalue weighted by Crippen LogP contribution is 2.16. The predicted molar refractivity (Wildman–Crippen MR) is 120 cm³/mol. The van der Waals surface area contributed by atoms with Gasteiger partial charge >= 0.3 is 11.7 Å². The standard InChI is InChI=1S/C23H25N3O6/c1-3-32-22(29)16-9-4-6-11-18(16)24-20(27)15-26-19-12-7-5-10-17(19)21(28)25(23(26)30)13-8-14-31-2/h4-7,9-12H,3,8,13-15H2,1-2H3,(H,24,27). The zero-order chi connectivity index (χ0) is 23.1. The lowest BCUT2D eigenvalue weighted by Gasteiger charge is -2.15. The summed E-state index contributed by atoms with van der Waals surface area (Å²) in [5.41, 5.74) is -0.143. The summed E-state index contributed by atoms with van der Waals surface area (Å²) in [5, 5.41) is 3.01. The van der Waals surface area contributed by atoms with Crippen molar-refractivity contribution in [2.75, 3.05) is 25.6 Å². The summed E-state index contributed by atoms with van der Waals surface area (Å²) in [4.78, 5) is 50.9. The molecule has 3 rings (SSSR count). The summed E-state index contributed by atoms with van der Waals surface area (Å²) < 4.78 is 12.4. The van der Waals surface area contributed by atoms with Crippen molar-refractivity contribution in [3.63, 3.8) is 0 Å². The minimum absolute atomic E-state index is 0.170. The molecule has 32 heavy (non-hydrogen) atoms. The Bertz CT molecular complexity index is 1240. The zero-order valence-electron chi connectivity index (χ0n) is 18.0. The Morgan fingerprint density at radius 1 is 1.00 bits per heavy atom. The average Bonchev–Trinajstić information content (AvgIpc) is 2.79. The van der Waals surface area contributed by atoms with Crippen molar-refractivity contribution < 1.29 is 19.1 Å². The van der Waals surface area contributed by atoms with Gasteiger partial charge in [-0.15, -0.1) is 0 Å². The largest absolute Gasteiger partial charge is 0.462 e. The van der Waals surface area contributed by atoms with Crippen molar-refractivity contribution in [3.05, 3.63) is 74.9 Å². The Balaban J connectivity index is 1.96. The lowest BCUT2D eigenvalue weighted by atomic mass is 10.2. The minimum atomic E-state index is -0.585. The molecule has 9 heteroatoms. The topological polar surface area (TPSA) is 109 Å². The average molecular weight is 439 g/mol. The third kappa shape index (κ3) is 4.94. The van der Waals surface area contributed by atoms with Crippen LogP contribution >= 0.6 is 0 Å². The number of hydrogen-bond acceptors (Lipinski definition) is 6. The van der Waals surface area contributed by atoms with E-state index in [1.54, 1.807) is 62.6 Å². The van der Waals surface area contributed by atoms with Gasteiger partial charge in [-0.3, -0.25) is 18.7 Å². The maximum absolute atomic E-state index is 13.1. The highest BCUT2D eigenvalue weighted by Gasteiger charge is 2.17. The van der Waals surface area contributed by atoms with E-state index in [2.05, 4.69) is 5.32 Å². The number of nitrogens with zero attached hydrogens (tertiary/aromatic N) is 2. The highest BCUT2D eigenvalue weighted by atomic mass is 16.5. The molecule has 0 saturated carbocycles. The summed E-state index contributed by atoms with van der Waals surface area (Å²) in [6.45, 7) is 2.12. The molecule has 1 amide bonds. The quantitative estimate of drug-likeness (QED) is 0.404. The van der Waals surface area contributed by atoms with Gasteiger partial charge in [0.1, 0.15) is 6.54 Å². The lowest BCUT2D eigenvalue weighted by molar-refractivity contribution is -0.116. The molecular weight excluding hydrogens is 414 g/mol. The third-order valence-corrected chi connectivity index (χ3v) is 4.86. The molecule has 0 radical (unpaired) electrons. The number of esters is 1. The van der Waals surface area contributed by atoms with E-state index >= 15 is 0 Å². The SMILES string of the molecule is CCOC(=O)c1ccccc1NC(=O)Cn1c(=O)n(CCCOC)c(=O)c2ccccc21. The predicted octanol–water partition coefficient (Wildman–Crippen LogP) is 2.02. The van der Waals surface area contributed by atoms with E-state index in [0.717, 1.165) is 4.57 Å². The fraction of sp³-hybridized carbons (Fsp3) is 0.304. The first kappa shape index (κ1) is 23.0.